The van der Waals surface area contributed by atoms with E-state index in [1.54, 1.807) is 0 Å². The van der Waals surface area contributed by atoms with Crippen molar-refractivity contribution in [1.29, 1.82) is 0 Å². The zero-order valence-electron chi connectivity index (χ0n) is 23.4. The average molecular weight is 506 g/mol. The maximum Gasteiger partial charge on any atom is 0.137 e. The minimum Gasteiger partial charge on any atom is -0.303 e. The predicted octanol–water partition coefficient (Wildman–Crippen LogP) is 7.12. The molecule has 0 aromatic carbocycles. The lowest BCUT2D eigenvalue weighted by molar-refractivity contribution is 0.846. The van der Waals surface area contributed by atoms with Gasteiger partial charge in [-0.15, -0.1) is 0 Å². The van der Waals surface area contributed by atoms with E-state index in [2.05, 4.69) is 110 Å². The highest BCUT2D eigenvalue weighted by Gasteiger charge is 2.10. The molecular weight excluding hydrogens is 466 g/mol. The van der Waals surface area contributed by atoms with Crippen LogP contribution in [0, 0.1) is 41.5 Å². The number of aryl methyl sites for hydroxylation is 10. The lowest BCUT2D eigenvalue weighted by Gasteiger charge is -2.12. The van der Waals surface area contributed by atoms with Crippen molar-refractivity contribution in [3.8, 4) is 11.6 Å². The summed E-state index contributed by atoms with van der Waals surface area (Å²) in [5.41, 5.74) is 12.0. The molecule has 0 amide bonds. The van der Waals surface area contributed by atoms with Crippen LogP contribution in [0.4, 0.5) is 0 Å². The van der Waals surface area contributed by atoms with Gasteiger partial charge < -0.3 is 9.13 Å². The van der Waals surface area contributed by atoms with Crippen molar-refractivity contribution < 1.29 is 1.43 Å². The smallest absolute Gasteiger partial charge is 0.137 e. The van der Waals surface area contributed by atoms with E-state index in [4.69, 9.17) is 9.97 Å². The highest BCUT2D eigenvalue weighted by Crippen LogP contribution is 2.19. The number of pyridine rings is 3. The molecule has 0 aliphatic heterocycles. The van der Waals surface area contributed by atoms with Gasteiger partial charge in [0, 0.05) is 48.0 Å². The minimum atomic E-state index is 0. The largest absolute Gasteiger partial charge is 0.303 e. The fourth-order valence-corrected chi connectivity index (χ4v) is 5.34. The van der Waals surface area contributed by atoms with Crippen LogP contribution in [0.3, 0.4) is 0 Å². The van der Waals surface area contributed by atoms with E-state index in [0.717, 1.165) is 48.7 Å². The summed E-state index contributed by atoms with van der Waals surface area (Å²) in [4.78, 5) is 14.5. The molecule has 5 rings (SSSR count). The third kappa shape index (κ3) is 5.62. The molecule has 5 nitrogen and oxygen atoms in total. The Morgan fingerprint density at radius 3 is 1.32 bits per heavy atom. The van der Waals surface area contributed by atoms with Crippen LogP contribution >= 0.6 is 0 Å². The number of nitrogens with zero attached hydrogens (tertiary/aromatic N) is 5. The van der Waals surface area contributed by atoms with Crippen LogP contribution in [0.5, 0.6) is 0 Å². The highest BCUT2D eigenvalue weighted by atomic mass is 15.1. The van der Waals surface area contributed by atoms with Crippen molar-refractivity contribution in [3.63, 3.8) is 0 Å². The van der Waals surface area contributed by atoms with Gasteiger partial charge in [0.2, 0.25) is 0 Å². The molecule has 0 fully saturated rings. The number of rotatable bonds is 8. The molecule has 0 radical (unpaired) electrons. The Bertz CT molecular complexity index is 1440. The number of hydrogen-bond acceptors (Lipinski definition) is 3. The zero-order chi connectivity index (χ0) is 26.8. The standard InChI is InChI=1S/C33H37N5.H2/c1-22-15-30(35-32(17-22)37-24(3)7-8-25(37)4)13-11-28-19-29(21-34-20-28)12-14-31-16-23(2)18-33(36-31)38-26(5)9-10-27(38)6;/h7-10,15-21H,11-14H2,1-6H3;1H. The van der Waals surface area contributed by atoms with Gasteiger partial charge in [-0.25, -0.2) is 9.97 Å². The van der Waals surface area contributed by atoms with Crippen molar-refractivity contribution in [3.05, 3.63) is 123 Å². The van der Waals surface area contributed by atoms with Gasteiger partial charge in [-0.3, -0.25) is 4.98 Å². The summed E-state index contributed by atoms with van der Waals surface area (Å²) in [6.07, 6.45) is 7.58. The van der Waals surface area contributed by atoms with Crippen molar-refractivity contribution >= 4 is 0 Å². The molecule has 5 heterocycles. The van der Waals surface area contributed by atoms with Crippen LogP contribution in [-0.4, -0.2) is 24.1 Å². The molecule has 38 heavy (non-hydrogen) atoms. The predicted molar refractivity (Wildman–Crippen MR) is 157 cm³/mol. The van der Waals surface area contributed by atoms with Crippen LogP contribution in [-0.2, 0) is 25.7 Å². The van der Waals surface area contributed by atoms with E-state index in [1.165, 1.54) is 45.0 Å². The third-order valence-electron chi connectivity index (χ3n) is 7.21. The summed E-state index contributed by atoms with van der Waals surface area (Å²) >= 11 is 0. The molecule has 0 bridgehead atoms. The molecule has 0 aliphatic rings. The normalized spacial score (nSPS) is 11.3. The number of aromatic nitrogens is 5. The minimum absolute atomic E-state index is 0. The van der Waals surface area contributed by atoms with Gasteiger partial charge in [-0.05, 0) is 138 Å². The van der Waals surface area contributed by atoms with E-state index in [9.17, 15) is 0 Å². The van der Waals surface area contributed by atoms with Gasteiger partial charge in [0.15, 0.2) is 0 Å². The maximum absolute atomic E-state index is 4.99. The molecule has 0 N–H and O–H groups in total. The Balaban J connectivity index is 0.00000353. The fraction of sp³-hybridized carbons (Fsp3) is 0.303. The molecule has 0 saturated heterocycles. The summed E-state index contributed by atoms with van der Waals surface area (Å²) in [6, 6.07) is 19.6. The van der Waals surface area contributed by atoms with Crippen molar-refractivity contribution in [2.75, 3.05) is 0 Å². The first-order valence-electron chi connectivity index (χ1n) is 13.5. The highest BCUT2D eigenvalue weighted by molar-refractivity contribution is 5.37. The van der Waals surface area contributed by atoms with Crippen LogP contribution in [0.1, 0.15) is 57.8 Å². The van der Waals surface area contributed by atoms with Crippen molar-refractivity contribution in [1.82, 2.24) is 24.1 Å². The zero-order valence-corrected chi connectivity index (χ0v) is 23.4. The molecule has 5 aromatic heterocycles. The molecule has 0 unspecified atom stereocenters. The van der Waals surface area contributed by atoms with E-state index >= 15 is 0 Å². The van der Waals surface area contributed by atoms with Crippen LogP contribution in [0.15, 0.2) is 67.0 Å². The Kier molecular flexibility index (Phi) is 7.28. The molecule has 0 saturated carbocycles. The van der Waals surface area contributed by atoms with Gasteiger partial charge in [0.05, 0.1) is 0 Å². The summed E-state index contributed by atoms with van der Waals surface area (Å²) in [7, 11) is 0. The van der Waals surface area contributed by atoms with Crippen molar-refractivity contribution in [2.24, 2.45) is 0 Å². The quantitative estimate of drug-likeness (QED) is 0.226. The van der Waals surface area contributed by atoms with E-state index in [1.807, 2.05) is 12.4 Å². The van der Waals surface area contributed by atoms with Gasteiger partial charge >= 0.3 is 0 Å². The second-order valence-corrected chi connectivity index (χ2v) is 10.6. The monoisotopic (exact) mass is 505 g/mol. The third-order valence-corrected chi connectivity index (χ3v) is 7.21. The first-order chi connectivity index (χ1) is 18.3. The van der Waals surface area contributed by atoms with E-state index in [0.29, 0.717) is 0 Å². The SMILES string of the molecule is Cc1cc(CCc2cncc(CCc3cc(C)cc(-n4c(C)ccc4C)n3)c2)nc(-n2c(C)ccc2C)c1.[HH]. The molecule has 5 heteroatoms. The van der Waals surface area contributed by atoms with Crippen LogP contribution < -0.4 is 0 Å². The Hall–Kier alpha value is -3.99. The van der Waals surface area contributed by atoms with Gasteiger partial charge in [-0.1, -0.05) is 6.07 Å². The second kappa shape index (κ2) is 10.8. The number of hydrogen-bond donors (Lipinski definition) is 0. The fourth-order valence-electron chi connectivity index (χ4n) is 5.34. The Morgan fingerprint density at radius 2 is 0.921 bits per heavy atom. The van der Waals surface area contributed by atoms with Crippen LogP contribution in [0.2, 0.25) is 0 Å². The van der Waals surface area contributed by atoms with E-state index < -0.39 is 0 Å². The first kappa shape index (κ1) is 25.7. The summed E-state index contributed by atoms with van der Waals surface area (Å²) in [6.45, 7) is 12.8. The van der Waals surface area contributed by atoms with Crippen molar-refractivity contribution in [2.45, 2.75) is 67.2 Å². The first-order valence-corrected chi connectivity index (χ1v) is 13.5. The lowest BCUT2D eigenvalue weighted by Crippen LogP contribution is -2.06. The summed E-state index contributed by atoms with van der Waals surface area (Å²) in [5.74, 6) is 2.00. The summed E-state index contributed by atoms with van der Waals surface area (Å²) in [5, 5.41) is 0. The topological polar surface area (TPSA) is 48.5 Å². The van der Waals surface area contributed by atoms with Gasteiger partial charge in [0.25, 0.3) is 0 Å². The molecule has 196 valence electrons. The van der Waals surface area contributed by atoms with E-state index in [-0.39, 0.29) is 1.43 Å². The van der Waals surface area contributed by atoms with Gasteiger partial charge in [0.1, 0.15) is 11.6 Å². The lowest BCUT2D eigenvalue weighted by atomic mass is 10.0. The molecule has 0 spiro atoms. The Labute approximate surface area is 227 Å². The van der Waals surface area contributed by atoms with Gasteiger partial charge in [-0.2, -0.15) is 0 Å². The molecule has 5 aromatic rings. The second-order valence-electron chi connectivity index (χ2n) is 10.6. The maximum atomic E-state index is 4.99. The molecular formula is C33H39N5. The molecule has 0 atom stereocenters. The summed E-state index contributed by atoms with van der Waals surface area (Å²) < 4.78 is 4.45. The average Bonchev–Trinajstić information content (AvgIpc) is 3.40. The molecule has 0 aliphatic carbocycles. The Morgan fingerprint density at radius 1 is 0.526 bits per heavy atom. The van der Waals surface area contributed by atoms with Crippen LogP contribution in [0.25, 0.3) is 11.6 Å².